The van der Waals surface area contributed by atoms with Gasteiger partial charge in [-0.05, 0) is 30.4 Å². The van der Waals surface area contributed by atoms with Crippen molar-refractivity contribution in [2.75, 3.05) is 5.75 Å². The van der Waals surface area contributed by atoms with Crippen molar-refractivity contribution in [2.45, 2.75) is 18.2 Å². The Morgan fingerprint density at radius 2 is 2.31 bits per heavy atom. The Morgan fingerprint density at radius 1 is 1.54 bits per heavy atom. The number of halogens is 1. The minimum Gasteiger partial charge on any atom is -0.206 e. The van der Waals surface area contributed by atoms with E-state index >= 15 is 0 Å². The maximum Gasteiger partial charge on any atom is 0.138 e. The fourth-order valence-electron chi connectivity index (χ4n) is 0.899. The van der Waals surface area contributed by atoms with Gasteiger partial charge in [-0.2, -0.15) is 5.26 Å². The van der Waals surface area contributed by atoms with Crippen LogP contribution in [0.1, 0.15) is 18.9 Å². The summed E-state index contributed by atoms with van der Waals surface area (Å²) in [5.74, 6) is 0.612. The molecule has 0 aromatic heterocycles. The van der Waals surface area contributed by atoms with Gasteiger partial charge in [0.25, 0.3) is 0 Å². The lowest BCUT2D eigenvalue weighted by Crippen LogP contribution is -1.84. The average Bonchev–Trinajstić information content (AvgIpc) is 2.16. The van der Waals surface area contributed by atoms with Gasteiger partial charge in [-0.1, -0.05) is 6.92 Å². The second-order valence-corrected chi connectivity index (χ2v) is 3.74. The fourth-order valence-corrected chi connectivity index (χ4v) is 1.68. The molecule has 0 aliphatic rings. The first-order chi connectivity index (χ1) is 6.27. The Hall–Kier alpha value is -1.01. The normalized spacial score (nSPS) is 9.62. The molecule has 0 heterocycles. The summed E-state index contributed by atoms with van der Waals surface area (Å²) in [5, 5.41) is 8.51. The molecule has 1 nitrogen and oxygen atoms in total. The number of thioether (sulfide) groups is 1. The molecule has 0 unspecified atom stereocenters. The third-order valence-corrected chi connectivity index (χ3v) is 2.78. The molecule has 3 heteroatoms. The highest BCUT2D eigenvalue weighted by Gasteiger charge is 2.02. The van der Waals surface area contributed by atoms with Crippen LogP contribution in [0, 0.1) is 17.1 Å². The monoisotopic (exact) mass is 195 g/mol. The Labute approximate surface area is 81.6 Å². The van der Waals surface area contributed by atoms with E-state index in [0.29, 0.717) is 10.5 Å². The topological polar surface area (TPSA) is 23.8 Å². The SMILES string of the molecule is CCCSc1ccc(C#N)cc1F. The van der Waals surface area contributed by atoms with Crippen LogP contribution in [0.25, 0.3) is 0 Å². The van der Waals surface area contributed by atoms with Crippen LogP contribution in [-0.4, -0.2) is 5.75 Å². The molecular formula is C10H10FNS. The van der Waals surface area contributed by atoms with E-state index in [0.717, 1.165) is 12.2 Å². The molecular weight excluding hydrogens is 185 g/mol. The molecule has 0 spiro atoms. The third kappa shape index (κ3) is 2.74. The van der Waals surface area contributed by atoms with E-state index in [4.69, 9.17) is 5.26 Å². The van der Waals surface area contributed by atoms with Gasteiger partial charge in [-0.25, -0.2) is 4.39 Å². The maximum absolute atomic E-state index is 13.2. The van der Waals surface area contributed by atoms with Crippen molar-refractivity contribution >= 4 is 11.8 Å². The number of benzene rings is 1. The molecule has 0 aliphatic carbocycles. The smallest absolute Gasteiger partial charge is 0.138 e. The highest BCUT2D eigenvalue weighted by molar-refractivity contribution is 7.99. The first-order valence-corrected chi connectivity index (χ1v) is 5.09. The minimum atomic E-state index is -0.294. The van der Waals surface area contributed by atoms with Crippen LogP contribution in [-0.2, 0) is 0 Å². The van der Waals surface area contributed by atoms with Crippen molar-refractivity contribution < 1.29 is 4.39 Å². The second-order valence-electron chi connectivity index (χ2n) is 2.61. The van der Waals surface area contributed by atoms with E-state index in [1.165, 1.54) is 17.8 Å². The van der Waals surface area contributed by atoms with E-state index in [1.54, 1.807) is 12.1 Å². The Balaban J connectivity index is 2.81. The molecule has 0 saturated carbocycles. The van der Waals surface area contributed by atoms with Crippen molar-refractivity contribution in [1.82, 2.24) is 0 Å². The average molecular weight is 195 g/mol. The van der Waals surface area contributed by atoms with Crippen molar-refractivity contribution in [3.63, 3.8) is 0 Å². The van der Waals surface area contributed by atoms with E-state index in [2.05, 4.69) is 6.92 Å². The van der Waals surface area contributed by atoms with Gasteiger partial charge in [0.2, 0.25) is 0 Å². The first-order valence-electron chi connectivity index (χ1n) is 4.10. The molecule has 68 valence electrons. The van der Waals surface area contributed by atoms with Gasteiger partial charge in [-0.15, -0.1) is 11.8 Å². The second kappa shape index (κ2) is 4.88. The minimum absolute atomic E-state index is 0.294. The van der Waals surface area contributed by atoms with E-state index in [9.17, 15) is 4.39 Å². The van der Waals surface area contributed by atoms with Crippen LogP contribution in [0.4, 0.5) is 4.39 Å². The lowest BCUT2D eigenvalue weighted by Gasteiger charge is -2.00. The lowest BCUT2D eigenvalue weighted by atomic mass is 10.2. The summed E-state index contributed by atoms with van der Waals surface area (Å²) in [7, 11) is 0. The summed E-state index contributed by atoms with van der Waals surface area (Å²) in [6, 6.07) is 6.48. The largest absolute Gasteiger partial charge is 0.206 e. The molecule has 1 aromatic rings. The molecule has 0 saturated heterocycles. The number of nitriles is 1. The summed E-state index contributed by atoms with van der Waals surface area (Å²) in [4.78, 5) is 0.626. The Bertz CT molecular complexity index is 330. The van der Waals surface area contributed by atoms with Gasteiger partial charge < -0.3 is 0 Å². The number of nitrogens with zero attached hydrogens (tertiary/aromatic N) is 1. The fraction of sp³-hybridized carbons (Fsp3) is 0.300. The van der Waals surface area contributed by atoms with Crippen molar-refractivity contribution in [1.29, 1.82) is 5.26 Å². The summed E-state index contributed by atoms with van der Waals surface area (Å²) in [6.07, 6.45) is 1.02. The summed E-state index contributed by atoms with van der Waals surface area (Å²) in [6.45, 7) is 2.05. The van der Waals surface area contributed by atoms with Crippen LogP contribution < -0.4 is 0 Å². The molecule has 13 heavy (non-hydrogen) atoms. The Kier molecular flexibility index (Phi) is 3.78. The predicted octanol–water partition coefficient (Wildman–Crippen LogP) is 3.20. The van der Waals surface area contributed by atoms with Gasteiger partial charge in [0.05, 0.1) is 11.6 Å². The molecule has 0 bridgehead atoms. The first kappa shape index (κ1) is 10.1. The molecule has 0 amide bonds. The zero-order chi connectivity index (χ0) is 9.68. The summed E-state index contributed by atoms with van der Waals surface area (Å²) >= 11 is 1.48. The quantitative estimate of drug-likeness (QED) is 0.691. The Morgan fingerprint density at radius 3 is 2.85 bits per heavy atom. The third-order valence-electron chi connectivity index (χ3n) is 1.52. The zero-order valence-corrected chi connectivity index (χ0v) is 8.20. The number of rotatable bonds is 3. The van der Waals surface area contributed by atoms with Crippen LogP contribution in [0.15, 0.2) is 23.1 Å². The molecule has 0 aliphatic heterocycles. The molecule has 0 radical (unpaired) electrons. The maximum atomic E-state index is 13.2. The van der Waals surface area contributed by atoms with Crippen molar-refractivity contribution in [2.24, 2.45) is 0 Å². The molecule has 1 rings (SSSR count). The predicted molar refractivity (Wildman–Crippen MR) is 52.1 cm³/mol. The summed E-state index contributed by atoms with van der Waals surface area (Å²) in [5.41, 5.74) is 0.373. The van der Waals surface area contributed by atoms with Crippen LogP contribution in [0.3, 0.4) is 0 Å². The highest BCUT2D eigenvalue weighted by Crippen LogP contribution is 2.22. The van der Waals surface area contributed by atoms with Crippen LogP contribution in [0.2, 0.25) is 0 Å². The molecule has 0 N–H and O–H groups in total. The van der Waals surface area contributed by atoms with Gasteiger partial charge in [-0.3, -0.25) is 0 Å². The molecule has 0 atom stereocenters. The van der Waals surface area contributed by atoms with Crippen LogP contribution >= 0.6 is 11.8 Å². The van der Waals surface area contributed by atoms with E-state index in [-0.39, 0.29) is 5.82 Å². The van der Waals surface area contributed by atoms with E-state index in [1.807, 2.05) is 6.07 Å². The number of hydrogen-bond acceptors (Lipinski definition) is 2. The highest BCUT2D eigenvalue weighted by atomic mass is 32.2. The standard InChI is InChI=1S/C10H10FNS/c1-2-5-13-10-4-3-8(7-12)6-9(10)11/h3-4,6H,2,5H2,1H3. The van der Waals surface area contributed by atoms with Crippen molar-refractivity contribution in [3.05, 3.63) is 29.6 Å². The van der Waals surface area contributed by atoms with Gasteiger partial charge in [0.1, 0.15) is 5.82 Å². The summed E-state index contributed by atoms with van der Waals surface area (Å²) < 4.78 is 13.2. The van der Waals surface area contributed by atoms with Gasteiger partial charge in [0, 0.05) is 4.90 Å². The number of hydrogen-bond donors (Lipinski definition) is 0. The molecule has 1 aromatic carbocycles. The molecule has 0 fully saturated rings. The lowest BCUT2D eigenvalue weighted by molar-refractivity contribution is 0.601. The van der Waals surface area contributed by atoms with Gasteiger partial charge >= 0.3 is 0 Å². The zero-order valence-electron chi connectivity index (χ0n) is 7.38. The van der Waals surface area contributed by atoms with E-state index < -0.39 is 0 Å². The van der Waals surface area contributed by atoms with Crippen LogP contribution in [0.5, 0.6) is 0 Å². The van der Waals surface area contributed by atoms with Crippen molar-refractivity contribution in [3.8, 4) is 6.07 Å². The van der Waals surface area contributed by atoms with Gasteiger partial charge in [0.15, 0.2) is 0 Å².